The van der Waals surface area contributed by atoms with Crippen LogP contribution in [0.15, 0.2) is 41.0 Å². The summed E-state index contributed by atoms with van der Waals surface area (Å²) < 4.78 is 14.4. The van der Waals surface area contributed by atoms with Gasteiger partial charge in [-0.2, -0.15) is 0 Å². The number of hydrogen-bond acceptors (Lipinski definition) is 2. The van der Waals surface area contributed by atoms with Crippen molar-refractivity contribution in [2.45, 2.75) is 32.7 Å². The lowest BCUT2D eigenvalue weighted by molar-refractivity contribution is 0.535. The molecule has 112 valence electrons. The van der Waals surface area contributed by atoms with Gasteiger partial charge in [-0.1, -0.05) is 35.8 Å². The highest BCUT2D eigenvalue weighted by Gasteiger charge is 2.15. The van der Waals surface area contributed by atoms with Crippen molar-refractivity contribution in [1.29, 1.82) is 0 Å². The summed E-state index contributed by atoms with van der Waals surface area (Å²) in [7, 11) is 0. The standard InChI is InChI=1S/C17H20BrFN2/c1-3-12-5-7-14(21-11-12)10-17(20-4-2)15-9-13(19)6-8-16(15)18/h5-9,11,17,20H,3-4,10H2,1-2H3. The first-order valence-electron chi connectivity index (χ1n) is 7.26. The van der Waals surface area contributed by atoms with Crippen LogP contribution in [0.1, 0.15) is 36.7 Å². The Bertz CT molecular complexity index is 584. The van der Waals surface area contributed by atoms with Gasteiger partial charge in [0.05, 0.1) is 0 Å². The van der Waals surface area contributed by atoms with Gasteiger partial charge >= 0.3 is 0 Å². The monoisotopic (exact) mass is 350 g/mol. The summed E-state index contributed by atoms with van der Waals surface area (Å²) in [5.41, 5.74) is 3.17. The van der Waals surface area contributed by atoms with Crippen LogP contribution < -0.4 is 5.32 Å². The van der Waals surface area contributed by atoms with E-state index >= 15 is 0 Å². The minimum atomic E-state index is -0.217. The van der Waals surface area contributed by atoms with Crippen molar-refractivity contribution in [3.8, 4) is 0 Å². The molecule has 0 amide bonds. The molecule has 4 heteroatoms. The molecule has 1 unspecified atom stereocenters. The van der Waals surface area contributed by atoms with Crippen LogP contribution in [-0.2, 0) is 12.8 Å². The van der Waals surface area contributed by atoms with E-state index in [1.165, 1.54) is 11.6 Å². The predicted molar refractivity (Wildman–Crippen MR) is 87.8 cm³/mol. The third kappa shape index (κ3) is 4.35. The Balaban J connectivity index is 2.23. The van der Waals surface area contributed by atoms with Gasteiger partial charge in [0.2, 0.25) is 0 Å². The molecule has 0 saturated heterocycles. The van der Waals surface area contributed by atoms with Gasteiger partial charge in [0.1, 0.15) is 5.82 Å². The molecule has 1 aromatic heterocycles. The van der Waals surface area contributed by atoms with E-state index in [2.05, 4.69) is 45.3 Å². The SMILES string of the molecule is CCNC(Cc1ccc(CC)cn1)c1cc(F)ccc1Br. The molecule has 0 radical (unpaired) electrons. The Labute approximate surface area is 133 Å². The summed E-state index contributed by atoms with van der Waals surface area (Å²) in [6, 6.07) is 8.99. The number of nitrogens with one attached hydrogen (secondary N) is 1. The molecule has 0 aliphatic rings. The molecule has 1 aromatic carbocycles. The topological polar surface area (TPSA) is 24.9 Å². The van der Waals surface area contributed by atoms with Gasteiger partial charge in [0, 0.05) is 28.8 Å². The van der Waals surface area contributed by atoms with Crippen molar-refractivity contribution >= 4 is 15.9 Å². The van der Waals surface area contributed by atoms with E-state index in [1.54, 1.807) is 12.1 Å². The second kappa shape index (κ2) is 7.66. The summed E-state index contributed by atoms with van der Waals surface area (Å²) in [6.45, 7) is 4.98. The number of likely N-dealkylation sites (N-methyl/N-ethyl adjacent to an activating group) is 1. The van der Waals surface area contributed by atoms with Crippen molar-refractivity contribution < 1.29 is 4.39 Å². The quantitative estimate of drug-likeness (QED) is 0.832. The van der Waals surface area contributed by atoms with Gasteiger partial charge in [-0.25, -0.2) is 4.39 Å². The average Bonchev–Trinajstić information content (AvgIpc) is 2.50. The van der Waals surface area contributed by atoms with Crippen LogP contribution in [0.4, 0.5) is 4.39 Å². The van der Waals surface area contributed by atoms with E-state index in [1.807, 2.05) is 13.1 Å². The highest BCUT2D eigenvalue weighted by Crippen LogP contribution is 2.26. The van der Waals surface area contributed by atoms with Gasteiger partial charge in [-0.15, -0.1) is 0 Å². The highest BCUT2D eigenvalue weighted by atomic mass is 79.9. The molecule has 1 N–H and O–H groups in total. The van der Waals surface area contributed by atoms with Crippen LogP contribution in [0, 0.1) is 5.82 Å². The minimum Gasteiger partial charge on any atom is -0.310 e. The Morgan fingerprint density at radius 3 is 2.67 bits per heavy atom. The van der Waals surface area contributed by atoms with E-state index in [-0.39, 0.29) is 11.9 Å². The molecule has 0 saturated carbocycles. The maximum Gasteiger partial charge on any atom is 0.123 e. The van der Waals surface area contributed by atoms with E-state index in [0.29, 0.717) is 0 Å². The third-order valence-electron chi connectivity index (χ3n) is 3.49. The number of nitrogens with zero attached hydrogens (tertiary/aromatic N) is 1. The van der Waals surface area contributed by atoms with E-state index in [4.69, 9.17) is 0 Å². The minimum absolute atomic E-state index is 0.0417. The van der Waals surface area contributed by atoms with E-state index < -0.39 is 0 Å². The normalized spacial score (nSPS) is 12.4. The molecule has 0 spiro atoms. The van der Waals surface area contributed by atoms with E-state index in [9.17, 15) is 4.39 Å². The van der Waals surface area contributed by atoms with Crippen molar-refractivity contribution in [3.05, 3.63) is 63.6 Å². The highest BCUT2D eigenvalue weighted by molar-refractivity contribution is 9.10. The van der Waals surface area contributed by atoms with Gasteiger partial charge in [-0.05, 0) is 48.4 Å². The van der Waals surface area contributed by atoms with Gasteiger partial charge < -0.3 is 5.32 Å². The zero-order valence-corrected chi connectivity index (χ0v) is 14.0. The zero-order chi connectivity index (χ0) is 15.2. The van der Waals surface area contributed by atoms with Crippen LogP contribution in [0.25, 0.3) is 0 Å². The lowest BCUT2D eigenvalue weighted by Gasteiger charge is -2.19. The van der Waals surface area contributed by atoms with Crippen molar-refractivity contribution in [2.24, 2.45) is 0 Å². The number of rotatable bonds is 6. The van der Waals surface area contributed by atoms with E-state index in [0.717, 1.165) is 35.1 Å². The largest absolute Gasteiger partial charge is 0.310 e. The van der Waals surface area contributed by atoms with Gasteiger partial charge in [0.15, 0.2) is 0 Å². The first kappa shape index (κ1) is 16.1. The van der Waals surface area contributed by atoms with Crippen LogP contribution in [0.2, 0.25) is 0 Å². The summed E-state index contributed by atoms with van der Waals surface area (Å²) in [5.74, 6) is -0.217. The molecule has 0 aliphatic heterocycles. The first-order chi connectivity index (χ1) is 10.1. The number of halogens is 2. The lowest BCUT2D eigenvalue weighted by atomic mass is 10.0. The Kier molecular flexibility index (Phi) is 5.88. The maximum atomic E-state index is 13.5. The summed E-state index contributed by atoms with van der Waals surface area (Å²) in [6.07, 6.45) is 3.64. The van der Waals surface area contributed by atoms with Crippen LogP contribution in [0.3, 0.4) is 0 Å². The second-order valence-electron chi connectivity index (χ2n) is 4.99. The number of aromatic nitrogens is 1. The fourth-order valence-electron chi connectivity index (χ4n) is 2.31. The number of pyridine rings is 1. The smallest absolute Gasteiger partial charge is 0.123 e. The molecule has 0 aliphatic carbocycles. The van der Waals surface area contributed by atoms with Crippen molar-refractivity contribution in [2.75, 3.05) is 6.54 Å². The Morgan fingerprint density at radius 1 is 1.24 bits per heavy atom. The third-order valence-corrected chi connectivity index (χ3v) is 4.21. The zero-order valence-electron chi connectivity index (χ0n) is 12.4. The van der Waals surface area contributed by atoms with Crippen LogP contribution >= 0.6 is 15.9 Å². The van der Waals surface area contributed by atoms with Gasteiger partial charge in [0.25, 0.3) is 0 Å². The fourth-order valence-corrected chi connectivity index (χ4v) is 2.84. The van der Waals surface area contributed by atoms with Crippen LogP contribution in [0.5, 0.6) is 0 Å². The molecule has 0 fully saturated rings. The molecular weight excluding hydrogens is 331 g/mol. The van der Waals surface area contributed by atoms with Crippen molar-refractivity contribution in [1.82, 2.24) is 10.3 Å². The number of aryl methyl sites for hydroxylation is 1. The molecule has 2 rings (SSSR count). The predicted octanol–water partition coefficient (Wildman–Crippen LogP) is 4.44. The van der Waals surface area contributed by atoms with Crippen molar-refractivity contribution in [3.63, 3.8) is 0 Å². The van der Waals surface area contributed by atoms with Gasteiger partial charge in [-0.3, -0.25) is 4.98 Å². The molecule has 1 atom stereocenters. The maximum absolute atomic E-state index is 13.5. The Hall–Kier alpha value is -1.26. The second-order valence-corrected chi connectivity index (χ2v) is 5.85. The summed E-state index contributed by atoms with van der Waals surface area (Å²) in [5, 5.41) is 3.41. The first-order valence-corrected chi connectivity index (χ1v) is 8.05. The number of hydrogen-bond donors (Lipinski definition) is 1. The molecule has 2 aromatic rings. The molecule has 2 nitrogen and oxygen atoms in total. The summed E-state index contributed by atoms with van der Waals surface area (Å²) in [4.78, 5) is 4.50. The molecule has 21 heavy (non-hydrogen) atoms. The van der Waals surface area contributed by atoms with Crippen LogP contribution in [-0.4, -0.2) is 11.5 Å². The molecule has 0 bridgehead atoms. The molecular formula is C17H20BrFN2. The Morgan fingerprint density at radius 2 is 2.05 bits per heavy atom. The lowest BCUT2D eigenvalue weighted by Crippen LogP contribution is -2.24. The fraction of sp³-hybridized carbons (Fsp3) is 0.353. The summed E-state index contributed by atoms with van der Waals surface area (Å²) >= 11 is 3.51. The average molecular weight is 351 g/mol. The molecule has 1 heterocycles. The number of benzene rings is 1.